The van der Waals surface area contributed by atoms with Crippen LogP contribution in [0.5, 0.6) is 5.75 Å². The van der Waals surface area contributed by atoms with Gasteiger partial charge in [-0.1, -0.05) is 12.1 Å². The molecule has 0 spiro atoms. The summed E-state index contributed by atoms with van der Waals surface area (Å²) in [6.07, 6.45) is 3.68. The third kappa shape index (κ3) is 3.83. The van der Waals surface area contributed by atoms with Crippen LogP contribution in [0.3, 0.4) is 0 Å². The van der Waals surface area contributed by atoms with Gasteiger partial charge in [0.15, 0.2) is 0 Å². The van der Waals surface area contributed by atoms with Crippen LogP contribution < -0.4 is 10.1 Å². The summed E-state index contributed by atoms with van der Waals surface area (Å²) < 4.78 is 5.24. The summed E-state index contributed by atoms with van der Waals surface area (Å²) in [6, 6.07) is 8.94. The lowest BCUT2D eigenvalue weighted by atomic mass is 10.0. The van der Waals surface area contributed by atoms with E-state index in [1.807, 2.05) is 0 Å². The summed E-state index contributed by atoms with van der Waals surface area (Å²) in [6.45, 7) is 3.04. The number of thiazole rings is 1. The molecule has 1 heterocycles. The second-order valence-corrected chi connectivity index (χ2v) is 6.62. The normalized spacial score (nSPS) is 15.9. The molecule has 0 aliphatic heterocycles. The van der Waals surface area contributed by atoms with E-state index in [0.29, 0.717) is 6.04 Å². The van der Waals surface area contributed by atoms with E-state index < -0.39 is 0 Å². The molecule has 1 fully saturated rings. The van der Waals surface area contributed by atoms with E-state index in [1.54, 1.807) is 18.4 Å². The van der Waals surface area contributed by atoms with E-state index in [4.69, 9.17) is 4.74 Å². The smallest absolute Gasteiger partial charge is 0.118 e. The predicted molar refractivity (Wildman–Crippen MR) is 87.0 cm³/mol. The molecule has 3 nitrogen and oxygen atoms in total. The van der Waals surface area contributed by atoms with E-state index in [-0.39, 0.29) is 0 Å². The first-order valence-corrected chi connectivity index (χ1v) is 8.42. The highest BCUT2D eigenvalue weighted by molar-refractivity contribution is 7.09. The van der Waals surface area contributed by atoms with Crippen LogP contribution in [0.15, 0.2) is 29.6 Å². The predicted octanol–water partition coefficient (Wildman–Crippen LogP) is 3.74. The number of rotatable bonds is 7. The lowest BCUT2D eigenvalue weighted by Crippen LogP contribution is -2.25. The van der Waals surface area contributed by atoms with Gasteiger partial charge in [-0.15, -0.1) is 11.3 Å². The SMILES string of the molecule is COc1ccc(C(NCCc2nc(C)cs2)C2CC2)cc1. The summed E-state index contributed by atoms with van der Waals surface area (Å²) in [7, 11) is 1.71. The maximum Gasteiger partial charge on any atom is 0.118 e. The van der Waals surface area contributed by atoms with Crippen molar-refractivity contribution in [2.24, 2.45) is 5.92 Å². The van der Waals surface area contributed by atoms with Crippen LogP contribution >= 0.6 is 11.3 Å². The molecule has 2 aromatic rings. The summed E-state index contributed by atoms with van der Waals surface area (Å²) >= 11 is 1.76. The number of aryl methyl sites for hydroxylation is 1. The van der Waals surface area contributed by atoms with Crippen molar-refractivity contribution in [1.82, 2.24) is 10.3 Å². The van der Waals surface area contributed by atoms with Crippen molar-refractivity contribution in [2.75, 3.05) is 13.7 Å². The van der Waals surface area contributed by atoms with Gasteiger partial charge >= 0.3 is 0 Å². The first-order chi connectivity index (χ1) is 10.3. The molecule has 112 valence electrons. The molecule has 1 saturated carbocycles. The topological polar surface area (TPSA) is 34.1 Å². The Morgan fingerprint density at radius 2 is 2.10 bits per heavy atom. The molecule has 1 N–H and O–H groups in total. The Balaban J connectivity index is 1.59. The third-order valence-electron chi connectivity index (χ3n) is 3.94. The first kappa shape index (κ1) is 14.5. The molecule has 1 aromatic heterocycles. The zero-order chi connectivity index (χ0) is 14.7. The molecular formula is C17H22N2OS. The number of nitrogens with zero attached hydrogens (tertiary/aromatic N) is 1. The molecule has 3 rings (SSSR count). The van der Waals surface area contributed by atoms with Crippen LogP contribution in [0.4, 0.5) is 0 Å². The molecular weight excluding hydrogens is 280 g/mol. The Morgan fingerprint density at radius 1 is 1.33 bits per heavy atom. The molecule has 1 aliphatic carbocycles. The van der Waals surface area contributed by atoms with E-state index in [0.717, 1.165) is 30.3 Å². The van der Waals surface area contributed by atoms with Crippen molar-refractivity contribution in [3.8, 4) is 5.75 Å². The van der Waals surface area contributed by atoms with Crippen molar-refractivity contribution in [3.05, 3.63) is 45.9 Å². The van der Waals surface area contributed by atoms with Crippen LogP contribution in [-0.2, 0) is 6.42 Å². The van der Waals surface area contributed by atoms with Crippen molar-refractivity contribution < 1.29 is 4.74 Å². The molecule has 1 aromatic carbocycles. The highest BCUT2D eigenvalue weighted by Crippen LogP contribution is 2.41. The fraction of sp³-hybridized carbons (Fsp3) is 0.471. The molecule has 0 bridgehead atoms. The quantitative estimate of drug-likeness (QED) is 0.846. The summed E-state index contributed by atoms with van der Waals surface area (Å²) in [5.41, 5.74) is 2.50. The van der Waals surface area contributed by atoms with Gasteiger partial charge in [0.1, 0.15) is 5.75 Å². The summed E-state index contributed by atoms with van der Waals surface area (Å²) in [5.74, 6) is 1.71. The highest BCUT2D eigenvalue weighted by Gasteiger charge is 2.31. The van der Waals surface area contributed by atoms with Crippen molar-refractivity contribution in [2.45, 2.75) is 32.2 Å². The molecule has 1 unspecified atom stereocenters. The van der Waals surface area contributed by atoms with Gasteiger partial charge in [0.05, 0.1) is 12.1 Å². The molecule has 0 radical (unpaired) electrons. The maximum absolute atomic E-state index is 5.24. The summed E-state index contributed by atoms with van der Waals surface area (Å²) in [5, 5.41) is 7.07. The summed E-state index contributed by atoms with van der Waals surface area (Å²) in [4.78, 5) is 4.53. The lowest BCUT2D eigenvalue weighted by Gasteiger charge is -2.19. The fourth-order valence-electron chi connectivity index (χ4n) is 2.65. The minimum atomic E-state index is 0.469. The number of methoxy groups -OCH3 is 1. The van der Waals surface area contributed by atoms with E-state index in [2.05, 4.69) is 46.9 Å². The van der Waals surface area contributed by atoms with Gasteiger partial charge < -0.3 is 10.1 Å². The Labute approximate surface area is 130 Å². The van der Waals surface area contributed by atoms with Gasteiger partial charge in [-0.2, -0.15) is 0 Å². The van der Waals surface area contributed by atoms with Crippen molar-refractivity contribution in [1.29, 1.82) is 0 Å². The fourth-order valence-corrected chi connectivity index (χ4v) is 3.43. The number of aromatic nitrogens is 1. The average Bonchev–Trinajstić information content (AvgIpc) is 3.26. The zero-order valence-corrected chi connectivity index (χ0v) is 13.5. The van der Waals surface area contributed by atoms with Gasteiger partial charge in [0.2, 0.25) is 0 Å². The number of hydrogen-bond acceptors (Lipinski definition) is 4. The van der Waals surface area contributed by atoms with Crippen molar-refractivity contribution in [3.63, 3.8) is 0 Å². The van der Waals surface area contributed by atoms with Crippen molar-refractivity contribution >= 4 is 11.3 Å². The molecule has 21 heavy (non-hydrogen) atoms. The van der Waals surface area contributed by atoms with Gasteiger partial charge in [0.25, 0.3) is 0 Å². The minimum Gasteiger partial charge on any atom is -0.497 e. The zero-order valence-electron chi connectivity index (χ0n) is 12.6. The van der Waals surface area contributed by atoms with Crippen LogP contribution in [0.2, 0.25) is 0 Å². The second-order valence-electron chi connectivity index (χ2n) is 5.68. The molecule has 1 aliphatic rings. The van der Waals surface area contributed by atoms with Gasteiger partial charge in [-0.05, 0) is 43.4 Å². The van der Waals surface area contributed by atoms with E-state index in [9.17, 15) is 0 Å². The van der Waals surface area contributed by atoms with E-state index in [1.165, 1.54) is 23.4 Å². The van der Waals surface area contributed by atoms with Gasteiger partial charge in [0, 0.05) is 30.1 Å². The lowest BCUT2D eigenvalue weighted by molar-refractivity contribution is 0.414. The molecule has 0 saturated heterocycles. The largest absolute Gasteiger partial charge is 0.497 e. The Morgan fingerprint density at radius 3 is 2.67 bits per heavy atom. The number of nitrogens with one attached hydrogen (secondary N) is 1. The Bertz CT molecular complexity index is 575. The standard InChI is InChI=1S/C17H22N2OS/c1-12-11-21-16(19-12)9-10-18-17(13-3-4-13)14-5-7-15(20-2)8-6-14/h5-8,11,13,17-18H,3-4,9-10H2,1-2H3. The average molecular weight is 302 g/mol. The first-order valence-electron chi connectivity index (χ1n) is 7.54. The Hall–Kier alpha value is -1.39. The molecule has 4 heteroatoms. The number of hydrogen-bond donors (Lipinski definition) is 1. The van der Waals surface area contributed by atoms with Gasteiger partial charge in [-0.3, -0.25) is 0 Å². The second kappa shape index (κ2) is 6.58. The van der Waals surface area contributed by atoms with Crippen LogP contribution in [0.1, 0.15) is 35.1 Å². The third-order valence-corrected chi connectivity index (χ3v) is 4.96. The monoisotopic (exact) mass is 302 g/mol. The Kier molecular flexibility index (Phi) is 4.56. The van der Waals surface area contributed by atoms with Crippen LogP contribution in [0, 0.1) is 12.8 Å². The minimum absolute atomic E-state index is 0.469. The molecule has 0 amide bonds. The van der Waals surface area contributed by atoms with Gasteiger partial charge in [-0.25, -0.2) is 4.98 Å². The molecule has 1 atom stereocenters. The highest BCUT2D eigenvalue weighted by atomic mass is 32.1. The maximum atomic E-state index is 5.24. The van der Waals surface area contributed by atoms with E-state index >= 15 is 0 Å². The number of benzene rings is 1. The van der Waals surface area contributed by atoms with Crippen LogP contribution in [-0.4, -0.2) is 18.6 Å². The number of ether oxygens (including phenoxy) is 1. The van der Waals surface area contributed by atoms with Crippen LogP contribution in [0.25, 0.3) is 0 Å².